The standard InChI is InChI=1S/C18H15N3O3/c1-12-8-9-14(11-17(12)21(23)24)10-16-13(2)19-20(18(16)22)15-6-4-3-5-7-15/h3-11H,1-2H3/b16-10+. The number of nitro groups is 1. The number of aryl methyl sites for hydroxylation is 1. The molecule has 6 heteroatoms. The zero-order chi connectivity index (χ0) is 17.3. The SMILES string of the molecule is CC1=NN(c2ccccc2)C(=O)/C1=C/c1ccc(C)c([N+](=O)[O-])c1. The van der Waals surface area contributed by atoms with Crippen LogP contribution in [-0.2, 0) is 4.79 Å². The summed E-state index contributed by atoms with van der Waals surface area (Å²) in [6.45, 7) is 3.43. The summed E-state index contributed by atoms with van der Waals surface area (Å²) in [5.41, 5.74) is 2.89. The number of para-hydroxylation sites is 1. The second-order valence-electron chi connectivity index (χ2n) is 5.50. The van der Waals surface area contributed by atoms with Crippen molar-refractivity contribution < 1.29 is 9.72 Å². The van der Waals surface area contributed by atoms with Crippen molar-refractivity contribution in [2.24, 2.45) is 5.10 Å². The molecule has 6 nitrogen and oxygen atoms in total. The molecule has 0 fully saturated rings. The molecule has 0 N–H and O–H groups in total. The monoisotopic (exact) mass is 321 g/mol. The molecule has 120 valence electrons. The molecule has 0 aliphatic carbocycles. The van der Waals surface area contributed by atoms with Gasteiger partial charge < -0.3 is 0 Å². The number of nitrogens with zero attached hydrogens (tertiary/aromatic N) is 3. The first-order chi connectivity index (χ1) is 11.5. The summed E-state index contributed by atoms with van der Waals surface area (Å²) in [4.78, 5) is 23.3. The van der Waals surface area contributed by atoms with Crippen LogP contribution in [0.15, 0.2) is 59.2 Å². The Morgan fingerprint density at radius 2 is 1.83 bits per heavy atom. The minimum Gasteiger partial charge on any atom is -0.267 e. The van der Waals surface area contributed by atoms with Crippen LogP contribution < -0.4 is 5.01 Å². The summed E-state index contributed by atoms with van der Waals surface area (Å²) in [7, 11) is 0. The van der Waals surface area contributed by atoms with Gasteiger partial charge in [-0.25, -0.2) is 0 Å². The molecule has 0 unspecified atom stereocenters. The van der Waals surface area contributed by atoms with Crippen LogP contribution in [-0.4, -0.2) is 16.5 Å². The van der Waals surface area contributed by atoms with E-state index in [1.54, 1.807) is 44.2 Å². The third-order valence-corrected chi connectivity index (χ3v) is 3.80. The van der Waals surface area contributed by atoms with Gasteiger partial charge in [0.25, 0.3) is 11.6 Å². The molecule has 1 amide bonds. The van der Waals surface area contributed by atoms with Crippen molar-refractivity contribution in [3.63, 3.8) is 0 Å². The molecular formula is C18H15N3O3. The fourth-order valence-corrected chi connectivity index (χ4v) is 2.51. The molecule has 0 spiro atoms. The molecule has 0 radical (unpaired) electrons. The first kappa shape index (κ1) is 15.6. The van der Waals surface area contributed by atoms with E-state index in [2.05, 4.69) is 5.10 Å². The van der Waals surface area contributed by atoms with Crippen LogP contribution in [0, 0.1) is 17.0 Å². The lowest BCUT2D eigenvalue weighted by atomic mass is 10.0. The first-order valence-corrected chi connectivity index (χ1v) is 7.39. The van der Waals surface area contributed by atoms with Gasteiger partial charge in [0, 0.05) is 11.6 Å². The molecule has 2 aromatic carbocycles. The highest BCUT2D eigenvalue weighted by Gasteiger charge is 2.28. The second kappa shape index (κ2) is 6.08. The van der Waals surface area contributed by atoms with E-state index in [1.807, 2.05) is 18.2 Å². The predicted molar refractivity (Wildman–Crippen MR) is 92.8 cm³/mol. The molecule has 0 bridgehead atoms. The summed E-state index contributed by atoms with van der Waals surface area (Å²) in [6.07, 6.45) is 1.64. The summed E-state index contributed by atoms with van der Waals surface area (Å²) in [6, 6.07) is 14.0. The Morgan fingerprint density at radius 3 is 2.50 bits per heavy atom. The largest absolute Gasteiger partial charge is 0.280 e. The summed E-state index contributed by atoms with van der Waals surface area (Å²) in [5, 5.41) is 16.7. The number of carbonyl (C=O) groups excluding carboxylic acids is 1. The number of benzene rings is 2. The molecule has 0 aromatic heterocycles. The van der Waals surface area contributed by atoms with Gasteiger partial charge in [-0.05, 0) is 37.6 Å². The van der Waals surface area contributed by atoms with Gasteiger partial charge in [0.2, 0.25) is 0 Å². The predicted octanol–water partition coefficient (Wildman–Crippen LogP) is 3.71. The van der Waals surface area contributed by atoms with Crippen molar-refractivity contribution in [2.45, 2.75) is 13.8 Å². The Labute approximate surface area is 138 Å². The molecular weight excluding hydrogens is 306 g/mol. The molecule has 1 heterocycles. The van der Waals surface area contributed by atoms with E-state index in [0.29, 0.717) is 28.1 Å². The van der Waals surface area contributed by atoms with E-state index < -0.39 is 4.92 Å². The van der Waals surface area contributed by atoms with Gasteiger partial charge in [0.1, 0.15) is 0 Å². The van der Waals surface area contributed by atoms with Crippen LogP contribution in [0.3, 0.4) is 0 Å². The van der Waals surface area contributed by atoms with Crippen molar-refractivity contribution in [1.29, 1.82) is 0 Å². The third kappa shape index (κ3) is 2.81. The van der Waals surface area contributed by atoms with E-state index in [1.165, 1.54) is 11.1 Å². The van der Waals surface area contributed by atoms with Crippen molar-refractivity contribution in [3.8, 4) is 0 Å². The van der Waals surface area contributed by atoms with E-state index in [-0.39, 0.29) is 11.6 Å². The normalized spacial score (nSPS) is 15.8. The fraction of sp³-hybridized carbons (Fsp3) is 0.111. The lowest BCUT2D eigenvalue weighted by Crippen LogP contribution is -2.21. The van der Waals surface area contributed by atoms with Crippen LogP contribution in [0.25, 0.3) is 6.08 Å². The maximum atomic E-state index is 12.6. The maximum absolute atomic E-state index is 12.6. The maximum Gasteiger partial charge on any atom is 0.280 e. The van der Waals surface area contributed by atoms with Crippen molar-refractivity contribution in [2.75, 3.05) is 5.01 Å². The van der Waals surface area contributed by atoms with Gasteiger partial charge in [0.05, 0.1) is 21.9 Å². The number of hydrazone groups is 1. The first-order valence-electron chi connectivity index (χ1n) is 7.39. The highest BCUT2D eigenvalue weighted by atomic mass is 16.6. The molecule has 2 aromatic rings. The number of hydrogen-bond donors (Lipinski definition) is 0. The molecule has 0 atom stereocenters. The molecule has 0 saturated carbocycles. The van der Waals surface area contributed by atoms with Gasteiger partial charge in [-0.2, -0.15) is 10.1 Å². The Bertz CT molecular complexity index is 886. The van der Waals surface area contributed by atoms with Crippen molar-refractivity contribution in [3.05, 3.63) is 75.3 Å². The van der Waals surface area contributed by atoms with Crippen LogP contribution in [0.2, 0.25) is 0 Å². The van der Waals surface area contributed by atoms with E-state index in [4.69, 9.17) is 0 Å². The minimum absolute atomic E-state index is 0.0318. The second-order valence-corrected chi connectivity index (χ2v) is 5.50. The van der Waals surface area contributed by atoms with E-state index in [0.717, 1.165) is 0 Å². The molecule has 24 heavy (non-hydrogen) atoms. The van der Waals surface area contributed by atoms with E-state index in [9.17, 15) is 14.9 Å². The van der Waals surface area contributed by atoms with Gasteiger partial charge in [-0.15, -0.1) is 0 Å². The fourth-order valence-electron chi connectivity index (χ4n) is 2.51. The van der Waals surface area contributed by atoms with Crippen molar-refractivity contribution >= 4 is 29.1 Å². The number of hydrogen-bond acceptors (Lipinski definition) is 4. The lowest BCUT2D eigenvalue weighted by molar-refractivity contribution is -0.385. The van der Waals surface area contributed by atoms with Gasteiger partial charge in [-0.1, -0.05) is 30.3 Å². The van der Waals surface area contributed by atoms with Crippen molar-refractivity contribution in [1.82, 2.24) is 0 Å². The Balaban J connectivity index is 1.97. The quantitative estimate of drug-likeness (QED) is 0.491. The average Bonchev–Trinajstić information content (AvgIpc) is 2.85. The summed E-state index contributed by atoms with van der Waals surface area (Å²) >= 11 is 0. The zero-order valence-corrected chi connectivity index (χ0v) is 13.3. The van der Waals surface area contributed by atoms with Crippen LogP contribution >= 0.6 is 0 Å². The molecule has 1 aliphatic heterocycles. The number of nitro benzene ring substituents is 1. The highest BCUT2D eigenvalue weighted by molar-refractivity contribution is 6.32. The molecule has 1 aliphatic rings. The number of anilines is 1. The number of carbonyl (C=O) groups is 1. The van der Waals surface area contributed by atoms with Crippen LogP contribution in [0.1, 0.15) is 18.1 Å². The highest BCUT2D eigenvalue weighted by Crippen LogP contribution is 2.26. The van der Waals surface area contributed by atoms with Crippen LogP contribution in [0.4, 0.5) is 11.4 Å². The Kier molecular flexibility index (Phi) is 3.95. The van der Waals surface area contributed by atoms with Gasteiger partial charge >= 0.3 is 0 Å². The van der Waals surface area contributed by atoms with Crippen LogP contribution in [0.5, 0.6) is 0 Å². The minimum atomic E-state index is -0.426. The zero-order valence-electron chi connectivity index (χ0n) is 13.3. The molecule has 0 saturated heterocycles. The van der Waals surface area contributed by atoms with Gasteiger partial charge in [-0.3, -0.25) is 14.9 Å². The number of rotatable bonds is 3. The third-order valence-electron chi connectivity index (χ3n) is 3.80. The summed E-state index contributed by atoms with van der Waals surface area (Å²) < 4.78 is 0. The van der Waals surface area contributed by atoms with E-state index >= 15 is 0 Å². The Morgan fingerprint density at radius 1 is 1.12 bits per heavy atom. The summed E-state index contributed by atoms with van der Waals surface area (Å²) in [5.74, 6) is -0.248. The topological polar surface area (TPSA) is 75.8 Å². The number of amides is 1. The van der Waals surface area contributed by atoms with Gasteiger partial charge in [0.15, 0.2) is 0 Å². The lowest BCUT2D eigenvalue weighted by Gasteiger charge is -2.11. The smallest absolute Gasteiger partial charge is 0.267 e. The Hall–Kier alpha value is -3.28. The average molecular weight is 321 g/mol. The molecule has 3 rings (SSSR count).